The van der Waals surface area contributed by atoms with Gasteiger partial charge in [0.1, 0.15) is 6.04 Å². The van der Waals surface area contributed by atoms with E-state index in [1.165, 1.54) is 4.90 Å². The van der Waals surface area contributed by atoms with Crippen LogP contribution in [0.15, 0.2) is 0 Å². The lowest BCUT2D eigenvalue weighted by atomic mass is 10.0. The molecule has 0 radical (unpaired) electrons. The van der Waals surface area contributed by atoms with E-state index in [0.29, 0.717) is 24.4 Å². The molecule has 0 aromatic heterocycles. The van der Waals surface area contributed by atoms with E-state index in [1.54, 1.807) is 0 Å². The van der Waals surface area contributed by atoms with Crippen LogP contribution in [0.3, 0.4) is 0 Å². The lowest BCUT2D eigenvalue weighted by molar-refractivity contribution is -0.144. The molecule has 2 bridgehead atoms. The molecule has 3 aliphatic rings. The van der Waals surface area contributed by atoms with Crippen molar-refractivity contribution in [1.29, 1.82) is 0 Å². The molecule has 0 aromatic carbocycles. The molecule has 136 valence electrons. The number of hydrogen-bond donors (Lipinski definition) is 3. The summed E-state index contributed by atoms with van der Waals surface area (Å²) in [5.74, 6) is -0.457. The molecule has 3 N–H and O–H groups in total. The van der Waals surface area contributed by atoms with Gasteiger partial charge in [0.25, 0.3) is 5.91 Å². The molecule has 3 heterocycles. The highest BCUT2D eigenvalue weighted by Gasteiger charge is 2.49. The van der Waals surface area contributed by atoms with Crippen LogP contribution < -0.4 is 10.8 Å². The molecule has 3 atom stereocenters. The van der Waals surface area contributed by atoms with Crippen LogP contribution in [0.25, 0.3) is 0 Å². The molecule has 12 heteroatoms. The van der Waals surface area contributed by atoms with E-state index in [9.17, 15) is 18.0 Å². The van der Waals surface area contributed by atoms with Gasteiger partial charge in [0.05, 0.1) is 12.1 Å². The van der Waals surface area contributed by atoms with Gasteiger partial charge >= 0.3 is 16.4 Å². The van der Waals surface area contributed by atoms with Crippen molar-refractivity contribution in [3.05, 3.63) is 0 Å². The molecular weight excluding hydrogens is 344 g/mol. The van der Waals surface area contributed by atoms with Gasteiger partial charge in [-0.25, -0.2) is 10.3 Å². The number of nitrogens with zero attached hydrogens (tertiary/aromatic N) is 2. The normalized spacial score (nSPS) is 30.5. The zero-order valence-corrected chi connectivity index (χ0v) is 13.7. The van der Waals surface area contributed by atoms with Gasteiger partial charge in [0.15, 0.2) is 0 Å². The Morgan fingerprint density at radius 2 is 2.12 bits per heavy atom. The van der Waals surface area contributed by atoms with E-state index in [1.807, 2.05) is 0 Å². The third-order valence-electron chi connectivity index (χ3n) is 4.38. The summed E-state index contributed by atoms with van der Waals surface area (Å²) in [6.45, 7) is 1.72. The molecule has 3 aliphatic heterocycles. The standard InChI is InChI=1S/C12H20N4O7S/c17-11(14-22-9-2-1-5-13-6-9)10-4-3-8-7-15(10)12(18)16(8)23-24(19,20)21/h8-10,13H,1-7H2,(H,14,17)(H,19,20,21)/t8?,9?,10-/m0/s1. The summed E-state index contributed by atoms with van der Waals surface area (Å²) in [4.78, 5) is 31.1. The molecular formula is C12H20N4O7S. The summed E-state index contributed by atoms with van der Waals surface area (Å²) in [6, 6.07) is -2.05. The SMILES string of the molecule is O=C(NOC1CCCNC1)[C@@H]1CCC2CN1C(=O)N2OS(=O)(=O)O. The number of carbonyl (C=O) groups is 2. The number of hydroxylamine groups is 3. The van der Waals surface area contributed by atoms with Crippen molar-refractivity contribution in [2.45, 2.75) is 43.9 Å². The van der Waals surface area contributed by atoms with Gasteiger partial charge in [0, 0.05) is 13.1 Å². The predicted molar refractivity (Wildman–Crippen MR) is 78.5 cm³/mol. The number of nitrogens with one attached hydrogen (secondary N) is 2. The molecule has 11 nitrogen and oxygen atoms in total. The van der Waals surface area contributed by atoms with Gasteiger partial charge < -0.3 is 10.2 Å². The first-order chi connectivity index (χ1) is 11.3. The minimum Gasteiger partial charge on any atom is -0.314 e. The third kappa shape index (κ3) is 3.78. The first-order valence-corrected chi connectivity index (χ1v) is 9.15. The van der Waals surface area contributed by atoms with Gasteiger partial charge in [-0.3, -0.25) is 14.2 Å². The number of fused-ring (bicyclic) bond motifs is 2. The predicted octanol–water partition coefficient (Wildman–Crippen LogP) is -1.21. The fourth-order valence-electron chi connectivity index (χ4n) is 3.23. The Bertz CT molecular complexity index is 607. The number of carbonyl (C=O) groups excluding carboxylic acids is 2. The molecule has 0 spiro atoms. The van der Waals surface area contributed by atoms with Crippen LogP contribution in [-0.4, -0.2) is 72.7 Å². The highest BCUT2D eigenvalue weighted by atomic mass is 32.3. The Kier molecular flexibility index (Phi) is 4.92. The van der Waals surface area contributed by atoms with Crippen molar-refractivity contribution < 1.29 is 31.7 Å². The van der Waals surface area contributed by atoms with E-state index in [4.69, 9.17) is 9.39 Å². The molecule has 3 fully saturated rings. The zero-order valence-electron chi connectivity index (χ0n) is 12.9. The van der Waals surface area contributed by atoms with Crippen molar-refractivity contribution in [1.82, 2.24) is 20.8 Å². The molecule has 0 saturated carbocycles. The van der Waals surface area contributed by atoms with Crippen LogP contribution in [0.4, 0.5) is 4.79 Å². The molecule has 2 unspecified atom stereocenters. The second-order valence-electron chi connectivity index (χ2n) is 6.06. The smallest absolute Gasteiger partial charge is 0.314 e. The van der Waals surface area contributed by atoms with Crippen LogP contribution in [-0.2, 0) is 24.3 Å². The van der Waals surface area contributed by atoms with E-state index in [2.05, 4.69) is 15.1 Å². The highest BCUT2D eigenvalue weighted by Crippen LogP contribution is 2.30. The number of rotatable bonds is 5. The van der Waals surface area contributed by atoms with Crippen molar-refractivity contribution in [3.63, 3.8) is 0 Å². The molecule has 3 saturated heterocycles. The molecule has 3 rings (SSSR count). The van der Waals surface area contributed by atoms with E-state index < -0.39 is 34.4 Å². The molecule has 0 aliphatic carbocycles. The Labute approximate surface area is 139 Å². The summed E-state index contributed by atoms with van der Waals surface area (Å²) in [5, 5.41) is 3.76. The topological polar surface area (TPSA) is 138 Å². The first-order valence-electron chi connectivity index (χ1n) is 7.78. The van der Waals surface area contributed by atoms with Crippen LogP contribution in [0.1, 0.15) is 25.7 Å². The average molecular weight is 364 g/mol. The van der Waals surface area contributed by atoms with Crippen molar-refractivity contribution in [2.75, 3.05) is 19.6 Å². The maximum absolute atomic E-state index is 12.3. The van der Waals surface area contributed by atoms with Gasteiger partial charge in [-0.1, -0.05) is 0 Å². The van der Waals surface area contributed by atoms with Crippen molar-refractivity contribution >= 4 is 22.3 Å². The van der Waals surface area contributed by atoms with Gasteiger partial charge in [-0.05, 0) is 32.2 Å². The Balaban J connectivity index is 1.58. The summed E-state index contributed by atoms with van der Waals surface area (Å²) >= 11 is 0. The fraction of sp³-hybridized carbons (Fsp3) is 0.833. The lowest BCUT2D eigenvalue weighted by Gasteiger charge is -2.30. The maximum atomic E-state index is 12.3. The number of amides is 3. The van der Waals surface area contributed by atoms with Crippen molar-refractivity contribution in [3.8, 4) is 0 Å². The number of hydrogen-bond acceptors (Lipinski definition) is 7. The average Bonchev–Trinajstić information content (AvgIpc) is 2.77. The minimum atomic E-state index is -4.80. The molecule has 0 aromatic rings. The monoisotopic (exact) mass is 364 g/mol. The highest BCUT2D eigenvalue weighted by molar-refractivity contribution is 7.80. The van der Waals surface area contributed by atoms with Gasteiger partial charge in [-0.2, -0.15) is 13.5 Å². The quantitative estimate of drug-likeness (QED) is 0.408. The minimum absolute atomic E-state index is 0.118. The third-order valence-corrected chi connectivity index (χ3v) is 4.73. The number of urea groups is 1. The first kappa shape index (κ1) is 17.4. The van der Waals surface area contributed by atoms with Gasteiger partial charge in [0.2, 0.25) is 0 Å². The van der Waals surface area contributed by atoms with E-state index >= 15 is 0 Å². The second kappa shape index (κ2) is 6.80. The Hall–Kier alpha value is -1.47. The Morgan fingerprint density at radius 1 is 1.33 bits per heavy atom. The summed E-state index contributed by atoms with van der Waals surface area (Å²) in [6.07, 6.45) is 2.39. The summed E-state index contributed by atoms with van der Waals surface area (Å²) in [5.41, 5.74) is 2.39. The fourth-order valence-corrected chi connectivity index (χ4v) is 3.62. The van der Waals surface area contributed by atoms with Crippen LogP contribution >= 0.6 is 0 Å². The van der Waals surface area contributed by atoms with Gasteiger partial charge in [-0.15, -0.1) is 4.28 Å². The largest absolute Gasteiger partial charge is 0.418 e. The molecule has 3 amide bonds. The summed E-state index contributed by atoms with van der Waals surface area (Å²) in [7, 11) is -4.80. The lowest BCUT2D eigenvalue weighted by Crippen LogP contribution is -2.51. The Morgan fingerprint density at radius 3 is 2.79 bits per heavy atom. The van der Waals surface area contributed by atoms with Crippen LogP contribution in [0.5, 0.6) is 0 Å². The second-order valence-corrected chi connectivity index (χ2v) is 7.07. The van der Waals surface area contributed by atoms with Crippen molar-refractivity contribution in [2.24, 2.45) is 0 Å². The molecule has 24 heavy (non-hydrogen) atoms. The zero-order chi connectivity index (χ0) is 17.3. The van der Waals surface area contributed by atoms with E-state index in [0.717, 1.165) is 19.4 Å². The van der Waals surface area contributed by atoms with Crippen LogP contribution in [0, 0.1) is 0 Å². The maximum Gasteiger partial charge on any atom is 0.418 e. The summed E-state index contributed by atoms with van der Waals surface area (Å²) < 4.78 is 34.7. The van der Waals surface area contributed by atoms with Crippen LogP contribution in [0.2, 0.25) is 0 Å². The van der Waals surface area contributed by atoms with E-state index in [-0.39, 0.29) is 12.6 Å². The number of piperidine rings is 2.